The van der Waals surface area contributed by atoms with Gasteiger partial charge in [-0.1, -0.05) is 6.42 Å². The number of hydrogen-bond acceptors (Lipinski definition) is 3. The first-order valence-electron chi connectivity index (χ1n) is 8.63. The monoisotopic (exact) mass is 316 g/mol. The maximum absolute atomic E-state index is 13.1. The minimum absolute atomic E-state index is 0.0840. The van der Waals surface area contributed by atoms with Crippen LogP contribution in [0.15, 0.2) is 22.8 Å². The van der Waals surface area contributed by atoms with Gasteiger partial charge in [-0.25, -0.2) is 0 Å². The third-order valence-electron chi connectivity index (χ3n) is 5.11. The zero-order valence-electron chi connectivity index (χ0n) is 13.8. The van der Waals surface area contributed by atoms with E-state index in [4.69, 9.17) is 9.15 Å². The van der Waals surface area contributed by atoms with Gasteiger partial charge in [0.2, 0.25) is 0 Å². The highest BCUT2D eigenvalue weighted by molar-refractivity contribution is 5.97. The molecule has 1 amide bonds. The molecule has 1 saturated carbocycles. The summed E-state index contributed by atoms with van der Waals surface area (Å²) in [5.74, 6) is 0.785. The summed E-state index contributed by atoms with van der Waals surface area (Å²) in [4.78, 5) is 15.0. The van der Waals surface area contributed by atoms with Crippen molar-refractivity contribution in [3.05, 3.63) is 24.1 Å². The Morgan fingerprint density at radius 3 is 2.65 bits per heavy atom. The number of rotatable bonds is 3. The molecule has 1 saturated heterocycles. The number of fused-ring (bicyclic) bond motifs is 1. The van der Waals surface area contributed by atoms with Crippen LogP contribution in [-0.4, -0.2) is 40.7 Å². The molecule has 124 valence electrons. The molecule has 1 aliphatic carbocycles. The summed E-state index contributed by atoms with van der Waals surface area (Å²) >= 11 is 0. The van der Waals surface area contributed by atoms with Gasteiger partial charge in [0.25, 0.3) is 5.91 Å². The predicted molar refractivity (Wildman–Crippen MR) is 87.5 cm³/mol. The summed E-state index contributed by atoms with van der Waals surface area (Å²) in [6.45, 7) is 6.27. The van der Waals surface area contributed by atoms with Crippen molar-refractivity contribution in [2.24, 2.45) is 5.92 Å². The second-order valence-electron chi connectivity index (χ2n) is 7.07. The van der Waals surface area contributed by atoms with Gasteiger partial charge < -0.3 is 18.6 Å². The average Bonchev–Trinajstić information content (AvgIpc) is 3.02. The molecule has 2 fully saturated rings. The smallest absolute Gasteiger partial charge is 0.270 e. The number of nitrogens with zero attached hydrogens (tertiary/aromatic N) is 2. The molecule has 2 aliphatic rings. The Balaban J connectivity index is 1.65. The van der Waals surface area contributed by atoms with Crippen molar-refractivity contribution in [1.82, 2.24) is 9.47 Å². The zero-order chi connectivity index (χ0) is 16.0. The molecule has 23 heavy (non-hydrogen) atoms. The van der Waals surface area contributed by atoms with Crippen LogP contribution in [0.4, 0.5) is 0 Å². The summed E-state index contributed by atoms with van der Waals surface area (Å²) in [6, 6.07) is 3.87. The molecule has 5 nitrogen and oxygen atoms in total. The SMILES string of the molecule is C[C@@H]1CN(C(=O)c2cc3occc3n2CC2CCC2)C[C@H](C)O1. The highest BCUT2D eigenvalue weighted by Crippen LogP contribution is 2.31. The van der Waals surface area contributed by atoms with Crippen molar-refractivity contribution in [3.63, 3.8) is 0 Å². The van der Waals surface area contributed by atoms with Crippen molar-refractivity contribution in [2.45, 2.75) is 51.9 Å². The van der Waals surface area contributed by atoms with E-state index < -0.39 is 0 Å². The van der Waals surface area contributed by atoms with Crippen LogP contribution in [0.2, 0.25) is 0 Å². The van der Waals surface area contributed by atoms with Gasteiger partial charge in [-0.3, -0.25) is 4.79 Å². The number of carbonyl (C=O) groups excluding carboxylic acids is 1. The number of hydrogen-bond donors (Lipinski definition) is 0. The first-order chi connectivity index (χ1) is 11.1. The Hall–Kier alpha value is -1.75. The maximum Gasteiger partial charge on any atom is 0.270 e. The standard InChI is InChI=1S/C18H24N2O3/c1-12-9-19(10-13(2)23-12)18(21)16-8-17-15(6-7-22-17)20(16)11-14-4-3-5-14/h6-8,12-14H,3-5,9-11H2,1-2H3/t12-,13+. The first-order valence-corrected chi connectivity index (χ1v) is 8.63. The highest BCUT2D eigenvalue weighted by Gasteiger charge is 2.30. The van der Waals surface area contributed by atoms with Crippen LogP contribution in [0.5, 0.6) is 0 Å². The van der Waals surface area contributed by atoms with Crippen molar-refractivity contribution in [1.29, 1.82) is 0 Å². The van der Waals surface area contributed by atoms with Crippen molar-refractivity contribution in [3.8, 4) is 0 Å². The Morgan fingerprint density at radius 2 is 2.00 bits per heavy atom. The molecule has 0 aromatic carbocycles. The minimum atomic E-state index is 0.0840. The summed E-state index contributed by atoms with van der Waals surface area (Å²) in [5.41, 5.74) is 2.60. The second kappa shape index (κ2) is 5.71. The maximum atomic E-state index is 13.1. The predicted octanol–water partition coefficient (Wildman–Crippen LogP) is 3.28. The lowest BCUT2D eigenvalue weighted by Gasteiger charge is -2.35. The van der Waals surface area contributed by atoms with E-state index in [1.54, 1.807) is 6.26 Å². The zero-order valence-corrected chi connectivity index (χ0v) is 13.8. The van der Waals surface area contributed by atoms with E-state index in [-0.39, 0.29) is 18.1 Å². The van der Waals surface area contributed by atoms with E-state index in [0.29, 0.717) is 19.0 Å². The fraction of sp³-hybridized carbons (Fsp3) is 0.611. The van der Waals surface area contributed by atoms with E-state index in [1.807, 2.05) is 30.9 Å². The van der Waals surface area contributed by atoms with Gasteiger partial charge in [0.05, 0.1) is 24.0 Å². The van der Waals surface area contributed by atoms with E-state index in [1.165, 1.54) is 19.3 Å². The van der Waals surface area contributed by atoms with Gasteiger partial charge in [-0.15, -0.1) is 0 Å². The lowest BCUT2D eigenvalue weighted by Crippen LogP contribution is -2.48. The van der Waals surface area contributed by atoms with Gasteiger partial charge >= 0.3 is 0 Å². The van der Waals surface area contributed by atoms with Crippen LogP contribution >= 0.6 is 0 Å². The number of furan rings is 1. The molecule has 0 unspecified atom stereocenters. The van der Waals surface area contributed by atoms with Crippen molar-refractivity contribution >= 4 is 17.0 Å². The molecular formula is C18H24N2O3. The van der Waals surface area contributed by atoms with Crippen LogP contribution in [-0.2, 0) is 11.3 Å². The molecule has 1 aliphatic heterocycles. The van der Waals surface area contributed by atoms with Crippen LogP contribution in [0.3, 0.4) is 0 Å². The second-order valence-corrected chi connectivity index (χ2v) is 7.07. The molecule has 2 aromatic rings. The molecular weight excluding hydrogens is 292 g/mol. The number of carbonyl (C=O) groups is 1. The van der Waals surface area contributed by atoms with E-state index in [9.17, 15) is 4.79 Å². The van der Waals surface area contributed by atoms with Crippen LogP contribution < -0.4 is 0 Å². The molecule has 0 radical (unpaired) electrons. The van der Waals surface area contributed by atoms with Gasteiger partial charge in [-0.2, -0.15) is 0 Å². The summed E-state index contributed by atoms with van der Waals surface area (Å²) in [5, 5.41) is 0. The summed E-state index contributed by atoms with van der Waals surface area (Å²) in [6.07, 6.45) is 5.70. The number of aromatic nitrogens is 1. The van der Waals surface area contributed by atoms with E-state index >= 15 is 0 Å². The van der Waals surface area contributed by atoms with Crippen molar-refractivity contribution < 1.29 is 13.9 Å². The Labute approximate surface area is 136 Å². The normalized spacial score (nSPS) is 25.7. The quantitative estimate of drug-likeness (QED) is 0.873. The fourth-order valence-electron chi connectivity index (χ4n) is 3.79. The molecule has 0 N–H and O–H groups in total. The lowest BCUT2D eigenvalue weighted by molar-refractivity contribution is -0.0588. The topological polar surface area (TPSA) is 47.6 Å². The molecule has 2 aromatic heterocycles. The van der Waals surface area contributed by atoms with Gasteiger partial charge in [0, 0.05) is 31.8 Å². The lowest BCUT2D eigenvalue weighted by atomic mass is 9.85. The Morgan fingerprint density at radius 1 is 1.26 bits per heavy atom. The fourth-order valence-corrected chi connectivity index (χ4v) is 3.79. The number of morpholine rings is 1. The summed E-state index contributed by atoms with van der Waals surface area (Å²) < 4.78 is 13.4. The molecule has 4 rings (SSSR count). The molecule has 3 heterocycles. The molecule has 5 heteroatoms. The van der Waals surface area contributed by atoms with Crippen LogP contribution in [0, 0.1) is 5.92 Å². The van der Waals surface area contributed by atoms with E-state index in [0.717, 1.165) is 23.3 Å². The molecule has 0 bridgehead atoms. The number of ether oxygens (including phenoxy) is 1. The largest absolute Gasteiger partial charge is 0.463 e. The average molecular weight is 316 g/mol. The van der Waals surface area contributed by atoms with Crippen LogP contribution in [0.25, 0.3) is 11.1 Å². The minimum Gasteiger partial charge on any atom is -0.463 e. The third-order valence-corrected chi connectivity index (χ3v) is 5.11. The first kappa shape index (κ1) is 14.8. The summed E-state index contributed by atoms with van der Waals surface area (Å²) in [7, 11) is 0. The molecule has 0 spiro atoms. The van der Waals surface area contributed by atoms with Crippen LogP contribution in [0.1, 0.15) is 43.6 Å². The highest BCUT2D eigenvalue weighted by atomic mass is 16.5. The molecule has 2 atom stereocenters. The number of amides is 1. The van der Waals surface area contributed by atoms with Crippen molar-refractivity contribution in [2.75, 3.05) is 13.1 Å². The third kappa shape index (κ3) is 2.67. The van der Waals surface area contributed by atoms with Gasteiger partial charge in [-0.05, 0) is 32.6 Å². The van der Waals surface area contributed by atoms with E-state index in [2.05, 4.69) is 4.57 Å². The van der Waals surface area contributed by atoms with Gasteiger partial charge in [0.1, 0.15) is 5.69 Å². The van der Waals surface area contributed by atoms with Gasteiger partial charge in [0.15, 0.2) is 5.58 Å². The Bertz CT molecular complexity index is 703. The Kier molecular flexibility index (Phi) is 3.68.